The molecule has 6 rings (SSSR count). The summed E-state index contributed by atoms with van der Waals surface area (Å²) in [5.41, 5.74) is 9.01. The average Bonchev–Trinajstić information content (AvgIpc) is 3.75. The van der Waals surface area contributed by atoms with Crippen LogP contribution in [0.4, 0.5) is 0 Å². The zero-order valence-corrected chi connectivity index (χ0v) is 37.0. The molecule has 0 nitrogen and oxygen atoms in total. The van der Waals surface area contributed by atoms with Crippen molar-refractivity contribution in [3.8, 4) is 0 Å². The van der Waals surface area contributed by atoms with Gasteiger partial charge in [0.15, 0.2) is 0 Å². The second-order valence-electron chi connectivity index (χ2n) is 10.4. The standard InChI is InChI=1S/3C13H15.3BrH.3Ti/c3*1-3-10-8-12-6-5-7-13(12)9-11(10)4-2;;;;;;/h3*5-9H,3-4H2,1-2H3;3*1H;;;/q3*-1;;;;3*+2/p-3. The van der Waals surface area contributed by atoms with Gasteiger partial charge in [0.25, 0.3) is 0 Å². The van der Waals surface area contributed by atoms with Gasteiger partial charge in [0.1, 0.15) is 0 Å². The molecule has 234 valence electrons. The van der Waals surface area contributed by atoms with Crippen LogP contribution in [0, 0.1) is 0 Å². The number of aryl methyl sites for hydroxylation is 6. The van der Waals surface area contributed by atoms with E-state index in [-0.39, 0.29) is 116 Å². The molecule has 0 saturated heterocycles. The Labute approximate surface area is 349 Å². The molecular weight excluding hydrogens is 852 g/mol. The monoisotopic (exact) mass is 894 g/mol. The van der Waals surface area contributed by atoms with Crippen LogP contribution >= 0.6 is 0 Å². The SMILES string of the molecule is CCc1cc2cc[cH-]c2cc1CC.CCc1cc2cc[cH-]c2cc1CC.CCc1cc2cc[cH-]c2cc1CC.[Br-].[Br-].[Br-].[Ti+2].[Ti+2].[Ti+2]. The number of hydrogen-bond donors (Lipinski definition) is 0. The summed E-state index contributed by atoms with van der Waals surface area (Å²) in [4.78, 5) is 0. The first-order chi connectivity index (χ1) is 19.0. The number of rotatable bonds is 6. The van der Waals surface area contributed by atoms with Crippen LogP contribution in [0.3, 0.4) is 0 Å². The molecule has 0 amide bonds. The Hall–Kier alpha value is 0.0729. The molecule has 0 fully saturated rings. The van der Waals surface area contributed by atoms with Gasteiger partial charge in [-0.25, -0.2) is 0 Å². The van der Waals surface area contributed by atoms with E-state index in [9.17, 15) is 0 Å². The van der Waals surface area contributed by atoms with E-state index in [2.05, 4.69) is 133 Å². The summed E-state index contributed by atoms with van der Waals surface area (Å²) in [5, 5.41) is 8.30. The van der Waals surface area contributed by atoms with Gasteiger partial charge < -0.3 is 50.9 Å². The summed E-state index contributed by atoms with van der Waals surface area (Å²) in [6.07, 6.45) is 6.86. The van der Waals surface area contributed by atoms with Crippen molar-refractivity contribution in [3.63, 3.8) is 0 Å². The summed E-state index contributed by atoms with van der Waals surface area (Å²) in [7, 11) is 0. The Bertz CT molecular complexity index is 1330. The average molecular weight is 897 g/mol. The zero-order valence-electron chi connectivity index (χ0n) is 27.5. The summed E-state index contributed by atoms with van der Waals surface area (Å²) in [6.45, 7) is 13.4. The summed E-state index contributed by atoms with van der Waals surface area (Å²) in [5.74, 6) is 0. The van der Waals surface area contributed by atoms with Gasteiger partial charge in [0, 0.05) is 0 Å². The van der Waals surface area contributed by atoms with Crippen molar-refractivity contribution in [2.75, 3.05) is 0 Å². The second-order valence-corrected chi connectivity index (χ2v) is 10.4. The molecule has 0 aromatic heterocycles. The van der Waals surface area contributed by atoms with Crippen LogP contribution in [0.5, 0.6) is 0 Å². The third-order valence-electron chi connectivity index (χ3n) is 8.16. The molecule has 0 heterocycles. The van der Waals surface area contributed by atoms with E-state index < -0.39 is 0 Å². The van der Waals surface area contributed by atoms with Crippen LogP contribution in [0.2, 0.25) is 0 Å². The number of halogens is 3. The molecule has 0 aliphatic rings. The van der Waals surface area contributed by atoms with Crippen molar-refractivity contribution < 1.29 is 116 Å². The predicted molar refractivity (Wildman–Crippen MR) is 175 cm³/mol. The smallest absolute Gasteiger partial charge is 1.00 e. The van der Waals surface area contributed by atoms with Crippen LogP contribution in [0.25, 0.3) is 32.3 Å². The summed E-state index contributed by atoms with van der Waals surface area (Å²) in [6, 6.07) is 33.5. The van der Waals surface area contributed by atoms with E-state index in [1.165, 1.54) is 65.7 Å². The van der Waals surface area contributed by atoms with Gasteiger partial charge in [0.2, 0.25) is 0 Å². The molecule has 45 heavy (non-hydrogen) atoms. The van der Waals surface area contributed by atoms with Gasteiger partial charge in [-0.2, -0.15) is 36.4 Å². The van der Waals surface area contributed by atoms with Gasteiger partial charge in [-0.3, -0.25) is 0 Å². The van der Waals surface area contributed by atoms with E-state index in [1.807, 2.05) is 0 Å². The molecule has 0 aliphatic heterocycles. The number of hydrogen-bond acceptors (Lipinski definition) is 0. The van der Waals surface area contributed by atoms with Crippen LogP contribution in [-0.2, 0) is 104 Å². The van der Waals surface area contributed by atoms with E-state index in [0.717, 1.165) is 38.5 Å². The van der Waals surface area contributed by atoms with E-state index in [1.54, 1.807) is 0 Å². The maximum absolute atomic E-state index is 2.33. The van der Waals surface area contributed by atoms with Crippen molar-refractivity contribution in [3.05, 3.63) is 124 Å². The molecule has 0 unspecified atom stereocenters. The Morgan fingerprint density at radius 3 is 0.756 bits per heavy atom. The molecular formula is C39H45Br3Ti3. The second kappa shape index (κ2) is 25.1. The molecule has 0 saturated carbocycles. The van der Waals surface area contributed by atoms with Crippen molar-refractivity contribution in [2.45, 2.75) is 80.1 Å². The topological polar surface area (TPSA) is 0 Å². The van der Waals surface area contributed by atoms with Gasteiger partial charge in [-0.05, 0) is 38.5 Å². The third kappa shape index (κ3) is 12.8. The molecule has 0 aliphatic carbocycles. The van der Waals surface area contributed by atoms with Crippen LogP contribution in [0.15, 0.2) is 91.0 Å². The largest absolute Gasteiger partial charge is 2.00 e. The predicted octanol–water partition coefficient (Wildman–Crippen LogP) is 2.06. The number of fused-ring (bicyclic) bond motifs is 3. The Balaban J connectivity index is -0.000000551. The van der Waals surface area contributed by atoms with Gasteiger partial charge in [-0.1, -0.05) is 74.9 Å². The maximum Gasteiger partial charge on any atom is 2.00 e. The molecule has 0 bridgehead atoms. The van der Waals surface area contributed by atoms with E-state index in [4.69, 9.17) is 0 Å². The molecule has 0 atom stereocenters. The van der Waals surface area contributed by atoms with E-state index in [0.29, 0.717) is 0 Å². The van der Waals surface area contributed by atoms with Crippen LogP contribution in [-0.4, -0.2) is 0 Å². The third-order valence-corrected chi connectivity index (χ3v) is 8.16. The molecule has 6 heteroatoms. The summed E-state index contributed by atoms with van der Waals surface area (Å²) >= 11 is 0. The Kier molecular flexibility index (Phi) is 27.6. The fourth-order valence-corrected chi connectivity index (χ4v) is 5.79. The fourth-order valence-electron chi connectivity index (χ4n) is 5.79. The zero-order chi connectivity index (χ0) is 27.8. The first-order valence-corrected chi connectivity index (χ1v) is 15.1. The van der Waals surface area contributed by atoms with E-state index >= 15 is 0 Å². The summed E-state index contributed by atoms with van der Waals surface area (Å²) < 4.78 is 0. The molecule has 6 aromatic rings. The van der Waals surface area contributed by atoms with Gasteiger partial charge >= 0.3 is 65.2 Å². The number of benzene rings is 3. The van der Waals surface area contributed by atoms with Crippen molar-refractivity contribution in [2.24, 2.45) is 0 Å². The Morgan fingerprint density at radius 2 is 0.556 bits per heavy atom. The van der Waals surface area contributed by atoms with Crippen molar-refractivity contribution >= 4 is 32.3 Å². The minimum atomic E-state index is 0. The normalized spacial score (nSPS) is 9.47. The molecule has 0 spiro atoms. The minimum absolute atomic E-state index is 0. The molecule has 6 aromatic carbocycles. The minimum Gasteiger partial charge on any atom is -1.00 e. The Morgan fingerprint density at radius 1 is 0.356 bits per heavy atom. The quantitative estimate of drug-likeness (QED) is 0.178. The first-order valence-electron chi connectivity index (χ1n) is 15.1. The first kappa shape index (κ1) is 49.5. The maximum atomic E-state index is 2.33. The van der Waals surface area contributed by atoms with Crippen molar-refractivity contribution in [1.29, 1.82) is 0 Å². The van der Waals surface area contributed by atoms with Gasteiger partial charge in [-0.15, -0.1) is 86.9 Å². The molecule has 0 N–H and O–H groups in total. The van der Waals surface area contributed by atoms with Crippen LogP contribution < -0.4 is 50.9 Å². The molecule has 0 radical (unpaired) electrons. The van der Waals surface area contributed by atoms with Crippen LogP contribution in [0.1, 0.15) is 74.9 Å². The fraction of sp³-hybridized carbons (Fsp3) is 0.308. The van der Waals surface area contributed by atoms with Crippen molar-refractivity contribution in [1.82, 2.24) is 0 Å². The van der Waals surface area contributed by atoms with Gasteiger partial charge in [0.05, 0.1) is 0 Å².